The fourth-order valence-corrected chi connectivity index (χ4v) is 2.06. The molecular formula is C10H10O3S. The highest BCUT2D eigenvalue weighted by Crippen LogP contribution is 2.06. The Morgan fingerprint density at radius 2 is 1.79 bits per heavy atom. The quantitative estimate of drug-likeness (QED) is 0.556. The fourth-order valence-electron chi connectivity index (χ4n) is 1.01. The van der Waals surface area contributed by atoms with Gasteiger partial charge in [-0.05, 0) is 11.6 Å². The van der Waals surface area contributed by atoms with Crippen LogP contribution in [0.1, 0.15) is 5.56 Å². The van der Waals surface area contributed by atoms with Crippen LogP contribution in [0, 0.1) is 0 Å². The van der Waals surface area contributed by atoms with Crippen molar-refractivity contribution in [2.45, 2.75) is 5.75 Å². The van der Waals surface area contributed by atoms with Crippen LogP contribution in [0.25, 0.3) is 0 Å². The number of hydrogen-bond donors (Lipinski definition) is 0. The molecule has 0 saturated heterocycles. The second kappa shape index (κ2) is 4.72. The van der Waals surface area contributed by atoms with E-state index in [-0.39, 0.29) is 5.75 Å². The second-order valence-electron chi connectivity index (χ2n) is 2.76. The van der Waals surface area contributed by atoms with Crippen molar-refractivity contribution in [1.82, 2.24) is 0 Å². The second-order valence-corrected chi connectivity index (χ2v) is 4.64. The summed E-state index contributed by atoms with van der Waals surface area (Å²) >= 11 is 0. The van der Waals surface area contributed by atoms with E-state index in [1.807, 2.05) is 6.07 Å². The van der Waals surface area contributed by atoms with Crippen molar-refractivity contribution in [3.8, 4) is 0 Å². The molecule has 0 N–H and O–H groups in total. The van der Waals surface area contributed by atoms with Crippen molar-refractivity contribution in [2.24, 2.45) is 0 Å². The number of carbonyl (C=O) groups is 1. The van der Waals surface area contributed by atoms with Crippen LogP contribution in [-0.2, 0) is 20.4 Å². The van der Waals surface area contributed by atoms with E-state index < -0.39 is 9.84 Å². The lowest BCUT2D eigenvalue weighted by atomic mass is 10.2. The molecule has 1 rings (SSSR count). The number of sulfone groups is 1. The molecule has 0 fully saturated rings. The number of benzene rings is 1. The monoisotopic (exact) mass is 210 g/mol. The van der Waals surface area contributed by atoms with Crippen LogP contribution in [0.4, 0.5) is 0 Å². The molecule has 1 aromatic rings. The van der Waals surface area contributed by atoms with E-state index >= 15 is 0 Å². The van der Waals surface area contributed by atoms with Gasteiger partial charge in [0.1, 0.15) is 6.29 Å². The Hall–Kier alpha value is -1.42. The maximum Gasteiger partial charge on any atom is 0.175 e. The van der Waals surface area contributed by atoms with Crippen molar-refractivity contribution in [2.75, 3.05) is 0 Å². The highest BCUT2D eigenvalue weighted by molar-refractivity contribution is 7.93. The molecule has 3 nitrogen and oxygen atoms in total. The first-order chi connectivity index (χ1) is 6.64. The summed E-state index contributed by atoms with van der Waals surface area (Å²) in [5.41, 5.74) is 0.711. The lowest BCUT2D eigenvalue weighted by molar-refractivity contribution is -0.104. The van der Waals surface area contributed by atoms with Gasteiger partial charge in [-0.15, -0.1) is 0 Å². The van der Waals surface area contributed by atoms with E-state index in [0.717, 1.165) is 11.5 Å². The Morgan fingerprint density at radius 3 is 2.36 bits per heavy atom. The van der Waals surface area contributed by atoms with Crippen molar-refractivity contribution in [3.05, 3.63) is 47.4 Å². The van der Waals surface area contributed by atoms with Crippen LogP contribution >= 0.6 is 0 Å². The minimum atomic E-state index is -3.31. The smallest absolute Gasteiger partial charge is 0.175 e. The van der Waals surface area contributed by atoms with Crippen LogP contribution in [0.15, 0.2) is 41.8 Å². The molecule has 14 heavy (non-hydrogen) atoms. The summed E-state index contributed by atoms with van der Waals surface area (Å²) in [4.78, 5) is 9.95. The molecule has 74 valence electrons. The van der Waals surface area contributed by atoms with Gasteiger partial charge >= 0.3 is 0 Å². The molecule has 0 spiro atoms. The van der Waals surface area contributed by atoms with E-state index in [1.165, 1.54) is 0 Å². The van der Waals surface area contributed by atoms with Crippen LogP contribution in [0.5, 0.6) is 0 Å². The fraction of sp³-hybridized carbons (Fsp3) is 0.100. The number of allylic oxidation sites excluding steroid dienone is 1. The summed E-state index contributed by atoms with van der Waals surface area (Å²) < 4.78 is 22.6. The zero-order valence-electron chi connectivity index (χ0n) is 7.46. The minimum absolute atomic E-state index is 0.0713. The molecule has 1 aromatic carbocycles. The first kappa shape index (κ1) is 10.7. The van der Waals surface area contributed by atoms with Gasteiger partial charge in [-0.2, -0.15) is 0 Å². The average Bonchev–Trinajstić information content (AvgIpc) is 2.16. The van der Waals surface area contributed by atoms with Gasteiger partial charge in [-0.25, -0.2) is 8.42 Å². The van der Waals surface area contributed by atoms with Gasteiger partial charge in [0.2, 0.25) is 0 Å². The summed E-state index contributed by atoms with van der Waals surface area (Å²) in [5.74, 6) is -0.0713. The molecule has 0 aliphatic rings. The number of carbonyl (C=O) groups excluding carboxylic acids is 1. The molecule has 4 heteroatoms. The zero-order chi connectivity index (χ0) is 10.4. The van der Waals surface area contributed by atoms with E-state index in [0.29, 0.717) is 11.8 Å². The summed E-state index contributed by atoms with van der Waals surface area (Å²) in [5, 5.41) is 0.924. The van der Waals surface area contributed by atoms with Crippen LogP contribution < -0.4 is 0 Å². The Kier molecular flexibility index (Phi) is 3.59. The Bertz CT molecular complexity index is 418. The topological polar surface area (TPSA) is 51.2 Å². The predicted molar refractivity (Wildman–Crippen MR) is 54.3 cm³/mol. The summed E-state index contributed by atoms with van der Waals surface area (Å²) in [6, 6.07) is 8.82. The maximum atomic E-state index is 11.3. The van der Waals surface area contributed by atoms with E-state index in [1.54, 1.807) is 24.3 Å². The summed E-state index contributed by atoms with van der Waals surface area (Å²) in [7, 11) is -3.31. The summed E-state index contributed by atoms with van der Waals surface area (Å²) in [6.45, 7) is 0. The summed E-state index contributed by atoms with van der Waals surface area (Å²) in [6.07, 6.45) is 1.43. The van der Waals surface area contributed by atoms with E-state index in [2.05, 4.69) is 0 Å². The normalized spacial score (nSPS) is 11.7. The maximum absolute atomic E-state index is 11.3. The molecule has 0 saturated carbocycles. The molecule has 0 atom stereocenters. The lowest BCUT2D eigenvalue weighted by Crippen LogP contribution is -1.99. The molecular weight excluding hydrogens is 200 g/mol. The largest absolute Gasteiger partial charge is 0.299 e. The van der Waals surface area contributed by atoms with Crippen molar-refractivity contribution < 1.29 is 13.2 Å². The van der Waals surface area contributed by atoms with Gasteiger partial charge in [0.25, 0.3) is 0 Å². The van der Waals surface area contributed by atoms with Gasteiger partial charge in [-0.3, -0.25) is 4.79 Å². The van der Waals surface area contributed by atoms with Crippen molar-refractivity contribution in [1.29, 1.82) is 0 Å². The molecule has 0 heterocycles. The molecule has 0 amide bonds. The molecule has 0 bridgehead atoms. The molecule has 0 aromatic heterocycles. The van der Waals surface area contributed by atoms with Crippen LogP contribution in [0.2, 0.25) is 0 Å². The van der Waals surface area contributed by atoms with Crippen LogP contribution in [-0.4, -0.2) is 14.7 Å². The van der Waals surface area contributed by atoms with Gasteiger partial charge in [0.15, 0.2) is 9.84 Å². The third kappa shape index (κ3) is 3.53. The Labute approximate surface area is 83.0 Å². The van der Waals surface area contributed by atoms with Gasteiger partial charge in [0.05, 0.1) is 5.75 Å². The lowest BCUT2D eigenvalue weighted by Gasteiger charge is -1.97. The van der Waals surface area contributed by atoms with Crippen molar-refractivity contribution >= 4 is 16.1 Å². The van der Waals surface area contributed by atoms with Gasteiger partial charge in [-0.1, -0.05) is 30.3 Å². The zero-order valence-corrected chi connectivity index (χ0v) is 8.28. The first-order valence-corrected chi connectivity index (χ1v) is 5.74. The minimum Gasteiger partial charge on any atom is -0.299 e. The Morgan fingerprint density at radius 1 is 1.14 bits per heavy atom. The third-order valence-electron chi connectivity index (χ3n) is 1.58. The predicted octanol–water partition coefficient (Wildman–Crippen LogP) is 1.31. The molecule has 0 unspecified atom stereocenters. The number of hydrogen-bond acceptors (Lipinski definition) is 3. The number of rotatable bonds is 4. The van der Waals surface area contributed by atoms with Crippen molar-refractivity contribution in [3.63, 3.8) is 0 Å². The van der Waals surface area contributed by atoms with E-state index in [9.17, 15) is 13.2 Å². The highest BCUT2D eigenvalue weighted by atomic mass is 32.2. The van der Waals surface area contributed by atoms with Gasteiger partial charge in [0, 0.05) is 5.41 Å². The van der Waals surface area contributed by atoms with E-state index in [4.69, 9.17) is 0 Å². The molecule has 0 aliphatic heterocycles. The molecule has 0 radical (unpaired) electrons. The van der Waals surface area contributed by atoms with Gasteiger partial charge < -0.3 is 0 Å². The average molecular weight is 210 g/mol. The first-order valence-electron chi connectivity index (χ1n) is 4.02. The third-order valence-corrected chi connectivity index (χ3v) is 2.88. The van der Waals surface area contributed by atoms with Crippen LogP contribution in [0.3, 0.4) is 0 Å². The SMILES string of the molecule is O=CC=CS(=O)(=O)Cc1ccccc1. The highest BCUT2D eigenvalue weighted by Gasteiger charge is 2.06. The standard InChI is InChI=1S/C10H10O3S/c11-7-4-8-14(12,13)9-10-5-2-1-3-6-10/h1-8H,9H2. The Balaban J connectivity index is 2.79. The number of aldehydes is 1. The molecule has 0 aliphatic carbocycles.